The third-order valence-corrected chi connectivity index (χ3v) is 9.98. The highest BCUT2D eigenvalue weighted by molar-refractivity contribution is 14.2. The smallest absolute Gasteiger partial charge is 0.226 e. The molecule has 5 aromatic rings. The summed E-state index contributed by atoms with van der Waals surface area (Å²) in [4.78, 5) is 14.6. The first kappa shape index (κ1) is 25.4. The molecule has 194 valence electrons. The summed E-state index contributed by atoms with van der Waals surface area (Å²) in [6.45, 7) is 4.93. The van der Waals surface area contributed by atoms with Gasteiger partial charge in [-0.2, -0.15) is 10.1 Å². The van der Waals surface area contributed by atoms with Crippen LogP contribution in [0.3, 0.4) is 0 Å². The number of nitrogens with zero attached hydrogens (tertiary/aromatic N) is 5. The van der Waals surface area contributed by atoms with Crippen molar-refractivity contribution in [2.75, 3.05) is 6.26 Å². The van der Waals surface area contributed by atoms with Crippen molar-refractivity contribution in [3.8, 4) is 28.3 Å². The van der Waals surface area contributed by atoms with E-state index in [2.05, 4.69) is 39.8 Å². The lowest BCUT2D eigenvalue weighted by atomic mass is 9.91. The van der Waals surface area contributed by atoms with E-state index in [4.69, 9.17) is 31.3 Å². The number of aromatic nitrogens is 5. The van der Waals surface area contributed by atoms with Crippen molar-refractivity contribution >= 4 is 68.3 Å². The number of benzene rings is 2. The van der Waals surface area contributed by atoms with Crippen LogP contribution >= 0.6 is 51.8 Å². The maximum Gasteiger partial charge on any atom is 0.226 e. The molecule has 2 aliphatic rings. The Kier molecular flexibility index (Phi) is 6.62. The highest BCUT2D eigenvalue weighted by atomic mass is 127. The molecule has 1 fully saturated rings. The molecule has 7 rings (SSSR count). The van der Waals surface area contributed by atoms with Crippen molar-refractivity contribution < 1.29 is 4.74 Å². The van der Waals surface area contributed by atoms with Crippen LogP contribution in [0.25, 0.3) is 38.9 Å². The third kappa shape index (κ3) is 4.27. The van der Waals surface area contributed by atoms with Gasteiger partial charge in [-0.05, 0) is 70.3 Å². The van der Waals surface area contributed by atoms with Crippen molar-refractivity contribution in [1.82, 2.24) is 24.5 Å². The van der Waals surface area contributed by atoms with E-state index in [1.54, 1.807) is 0 Å². The molecule has 3 aromatic heterocycles. The first-order chi connectivity index (χ1) is 19.1. The maximum atomic E-state index is 6.98. The van der Waals surface area contributed by atoms with Crippen LogP contribution in [0.4, 0.5) is 0 Å². The summed E-state index contributed by atoms with van der Waals surface area (Å²) in [5.41, 5.74) is 9.58. The molecule has 1 unspecified atom stereocenters. The highest BCUT2D eigenvalue weighted by Gasteiger charge is 2.36. The minimum absolute atomic E-state index is 0.412. The molecule has 2 aliphatic carbocycles. The Bertz CT molecular complexity index is 1790. The minimum Gasteiger partial charge on any atom is -0.472 e. The molecule has 0 N–H and O–H groups in total. The summed E-state index contributed by atoms with van der Waals surface area (Å²) in [5, 5.41) is 7.15. The molecule has 39 heavy (non-hydrogen) atoms. The Morgan fingerprint density at radius 2 is 1.95 bits per heavy atom. The van der Waals surface area contributed by atoms with Gasteiger partial charge in [0, 0.05) is 38.9 Å². The minimum atomic E-state index is 0.412. The summed E-state index contributed by atoms with van der Waals surface area (Å²) in [6, 6.07) is 14.2. The monoisotopic (exact) mass is 681 g/mol. The molecule has 10 heteroatoms. The van der Waals surface area contributed by atoms with E-state index < -0.39 is 0 Å². The van der Waals surface area contributed by atoms with Gasteiger partial charge in [-0.15, -0.1) is 0 Å². The largest absolute Gasteiger partial charge is 0.472 e. The number of rotatable bonds is 7. The molecular formula is C29H22ClIN5OPS. The van der Waals surface area contributed by atoms with Crippen molar-refractivity contribution in [2.24, 2.45) is 0 Å². The van der Waals surface area contributed by atoms with Crippen LogP contribution in [0.1, 0.15) is 41.1 Å². The Morgan fingerprint density at radius 1 is 1.13 bits per heavy atom. The van der Waals surface area contributed by atoms with Crippen LogP contribution in [-0.2, 0) is 6.61 Å². The maximum absolute atomic E-state index is 6.98. The van der Waals surface area contributed by atoms with E-state index >= 15 is 0 Å². The van der Waals surface area contributed by atoms with Gasteiger partial charge in [-0.1, -0.05) is 60.3 Å². The van der Waals surface area contributed by atoms with Gasteiger partial charge < -0.3 is 4.74 Å². The second-order valence-corrected chi connectivity index (χ2v) is 12.8. The van der Waals surface area contributed by atoms with Gasteiger partial charge in [-0.3, -0.25) is 4.98 Å². The third-order valence-electron chi connectivity index (χ3n) is 7.23. The van der Waals surface area contributed by atoms with Crippen LogP contribution in [0.5, 0.6) is 5.88 Å². The van der Waals surface area contributed by atoms with E-state index in [1.165, 1.54) is 11.8 Å². The highest BCUT2D eigenvalue weighted by Crippen LogP contribution is 2.55. The van der Waals surface area contributed by atoms with Crippen LogP contribution in [0, 0.1) is 0 Å². The fourth-order valence-electron chi connectivity index (χ4n) is 5.33. The van der Waals surface area contributed by atoms with Crippen LogP contribution < -0.4 is 4.74 Å². The number of pyridine rings is 1. The van der Waals surface area contributed by atoms with Crippen molar-refractivity contribution in [3.63, 3.8) is 0 Å². The fraction of sp³-hybridized carbons (Fsp3) is 0.172. The quantitative estimate of drug-likeness (QED) is 0.0729. The Balaban J connectivity index is 1.44. The SMILES string of the molecule is C=C1c2nc(SC)nc(OCc3ccccc3)c2-c2ccnc(-c3c(C4CC4)c(Cl)cc4c3cnn4PI)c21. The summed E-state index contributed by atoms with van der Waals surface area (Å²) in [6.07, 6.45) is 8.48. The van der Waals surface area contributed by atoms with Gasteiger partial charge >= 0.3 is 0 Å². The zero-order valence-electron chi connectivity index (χ0n) is 20.9. The molecule has 0 aliphatic heterocycles. The number of thioether (sulfide) groups is 1. The van der Waals surface area contributed by atoms with Crippen LogP contribution in [0.2, 0.25) is 5.02 Å². The molecule has 0 spiro atoms. The Morgan fingerprint density at radius 3 is 2.69 bits per heavy atom. The van der Waals surface area contributed by atoms with Gasteiger partial charge in [0.2, 0.25) is 5.88 Å². The lowest BCUT2D eigenvalue weighted by Crippen LogP contribution is -2.02. The summed E-state index contributed by atoms with van der Waals surface area (Å²) >= 11 is 10.8. The number of halogens is 2. The molecule has 6 nitrogen and oxygen atoms in total. The average molecular weight is 682 g/mol. The molecule has 1 saturated carbocycles. The molecule has 2 aromatic carbocycles. The lowest BCUT2D eigenvalue weighted by molar-refractivity contribution is 0.292. The lowest BCUT2D eigenvalue weighted by Gasteiger charge is -2.16. The van der Waals surface area contributed by atoms with Gasteiger partial charge in [0.1, 0.15) is 6.61 Å². The Labute approximate surface area is 250 Å². The standard InChI is InChI=1S/C29H22ClIN5OPS/c1-15-22-18(25-26(15)34-29(39-2)35-28(25)37-14-16-6-4-3-5-7-16)10-11-32-27(22)24-19-13-33-36(38-31)21(19)12-20(30)23(24)17-8-9-17/h3-7,10-13,17,38H,1,8-9,14H2,2H3. The molecule has 0 bridgehead atoms. The van der Waals surface area contributed by atoms with Gasteiger partial charge in [0.25, 0.3) is 0 Å². The molecule has 1 atom stereocenters. The van der Waals surface area contributed by atoms with Gasteiger partial charge in [0.15, 0.2) is 5.16 Å². The van der Waals surface area contributed by atoms with E-state index in [0.29, 0.717) is 29.9 Å². The van der Waals surface area contributed by atoms with Crippen LogP contribution in [0.15, 0.2) is 66.6 Å². The molecule has 3 heterocycles. The molecule has 0 radical (unpaired) electrons. The van der Waals surface area contributed by atoms with E-state index in [9.17, 15) is 0 Å². The van der Waals surface area contributed by atoms with Gasteiger partial charge in [-0.25, -0.2) is 9.44 Å². The van der Waals surface area contributed by atoms with E-state index in [1.807, 2.05) is 59.5 Å². The Hall–Kier alpha value is -2.52. The van der Waals surface area contributed by atoms with E-state index in [0.717, 1.165) is 79.1 Å². The summed E-state index contributed by atoms with van der Waals surface area (Å²) in [5.74, 6) is 0.979. The normalized spacial score (nSPS) is 14.4. The zero-order valence-corrected chi connectivity index (χ0v) is 25.6. The number of ether oxygens (including phenoxy) is 1. The van der Waals surface area contributed by atoms with Crippen molar-refractivity contribution in [2.45, 2.75) is 30.5 Å². The topological polar surface area (TPSA) is 65.7 Å². The second-order valence-electron chi connectivity index (χ2n) is 9.57. The van der Waals surface area contributed by atoms with Crippen molar-refractivity contribution in [3.05, 3.63) is 88.8 Å². The molecule has 0 saturated heterocycles. The van der Waals surface area contributed by atoms with Gasteiger partial charge in [0.05, 0.1) is 35.0 Å². The van der Waals surface area contributed by atoms with Crippen molar-refractivity contribution in [1.29, 1.82) is 0 Å². The predicted molar refractivity (Wildman–Crippen MR) is 169 cm³/mol. The first-order valence-electron chi connectivity index (χ1n) is 12.5. The summed E-state index contributed by atoms with van der Waals surface area (Å²) in [7, 11) is 0. The second kappa shape index (κ2) is 10.1. The number of fused-ring (bicyclic) bond motifs is 4. The van der Waals surface area contributed by atoms with E-state index in [-0.39, 0.29) is 0 Å². The molecular weight excluding hydrogens is 660 g/mol. The average Bonchev–Trinajstić information content (AvgIpc) is 3.66. The molecule has 0 amide bonds. The zero-order chi connectivity index (χ0) is 26.7. The van der Waals surface area contributed by atoms with Crippen LogP contribution in [-0.4, -0.2) is 30.8 Å². The predicted octanol–water partition coefficient (Wildman–Crippen LogP) is 8.55. The first-order valence-corrected chi connectivity index (χ1v) is 18.1. The summed E-state index contributed by atoms with van der Waals surface area (Å²) < 4.78 is 8.35. The number of hydrogen-bond donors (Lipinski definition) is 0. The number of hydrogen-bond acceptors (Lipinski definition) is 6. The fourth-order valence-corrected chi connectivity index (χ4v) is 7.57.